The molecule has 1 saturated carbocycles. The van der Waals surface area contributed by atoms with Gasteiger partial charge in [0, 0.05) is 36.8 Å². The number of hydrogen-bond acceptors (Lipinski definition) is 4. The van der Waals surface area contributed by atoms with Crippen LogP contribution in [0.3, 0.4) is 0 Å². The first-order valence-corrected chi connectivity index (χ1v) is 14.5. The monoisotopic (exact) mass is 575 g/mol. The number of carbonyl (C=O) groups is 2. The predicted octanol–water partition coefficient (Wildman–Crippen LogP) is 5.65. The van der Waals surface area contributed by atoms with Gasteiger partial charge in [-0.3, -0.25) is 9.59 Å². The molecule has 2 heterocycles. The maximum atomic E-state index is 15.3. The zero-order chi connectivity index (χ0) is 29.2. The third kappa shape index (κ3) is 6.37. The van der Waals surface area contributed by atoms with E-state index in [0.717, 1.165) is 12.8 Å². The van der Waals surface area contributed by atoms with Gasteiger partial charge < -0.3 is 20.3 Å². The van der Waals surface area contributed by atoms with Gasteiger partial charge in [0.05, 0.1) is 17.9 Å². The fraction of sp³-hybridized carbons (Fsp3) is 0.548. The summed E-state index contributed by atoms with van der Waals surface area (Å²) in [4.78, 5) is 28.6. The van der Waals surface area contributed by atoms with E-state index < -0.39 is 23.3 Å². The Morgan fingerprint density at radius 3 is 2.34 bits per heavy atom. The molecule has 2 amide bonds. The Morgan fingerprint density at radius 2 is 1.71 bits per heavy atom. The van der Waals surface area contributed by atoms with E-state index >= 15 is 4.39 Å². The summed E-state index contributed by atoms with van der Waals surface area (Å²) in [7, 11) is 0. The standard InChI is InChI=1S/C31H37F4N3O3/c32-27-17-23(41-19-21-10-15-37(16-11-21)20-30(12-4-13-30)31(33,34)35)8-9-25(27)24-6-1-2-7-26(24)29(40)38-14-3-5-22(18-38)28(36)39/h1-2,6-9,17,21-22H,3-5,10-16,18-20H2,(H2,36,39)/t22-/m1/s1. The van der Waals surface area contributed by atoms with Crippen molar-refractivity contribution < 1.29 is 31.9 Å². The van der Waals surface area contributed by atoms with Crippen molar-refractivity contribution in [1.82, 2.24) is 9.80 Å². The van der Waals surface area contributed by atoms with E-state index in [-0.39, 0.29) is 49.2 Å². The lowest BCUT2D eigenvalue weighted by molar-refractivity contribution is -0.256. The first-order chi connectivity index (χ1) is 19.6. The van der Waals surface area contributed by atoms with Gasteiger partial charge in [0.15, 0.2) is 0 Å². The predicted molar refractivity (Wildman–Crippen MR) is 147 cm³/mol. The molecule has 2 aliphatic heterocycles. The number of benzene rings is 2. The Balaban J connectivity index is 1.18. The van der Waals surface area contributed by atoms with Crippen LogP contribution in [0.1, 0.15) is 55.3 Å². The lowest BCUT2D eigenvalue weighted by Gasteiger charge is -2.47. The molecule has 3 fully saturated rings. The largest absolute Gasteiger partial charge is 0.493 e. The summed E-state index contributed by atoms with van der Waals surface area (Å²) in [5.74, 6) is -1.06. The molecule has 1 atom stereocenters. The summed E-state index contributed by atoms with van der Waals surface area (Å²) < 4.78 is 61.8. The zero-order valence-electron chi connectivity index (χ0n) is 23.1. The number of carbonyl (C=O) groups excluding carboxylic acids is 2. The van der Waals surface area contributed by atoms with E-state index in [9.17, 15) is 22.8 Å². The Hall–Kier alpha value is -3.14. The van der Waals surface area contributed by atoms with Crippen molar-refractivity contribution in [2.75, 3.05) is 39.3 Å². The maximum absolute atomic E-state index is 15.3. The smallest absolute Gasteiger partial charge is 0.395 e. The molecule has 0 aromatic heterocycles. The highest BCUT2D eigenvalue weighted by molar-refractivity contribution is 6.01. The van der Waals surface area contributed by atoms with Gasteiger partial charge in [-0.25, -0.2) is 4.39 Å². The minimum atomic E-state index is -4.16. The van der Waals surface area contributed by atoms with Crippen molar-refractivity contribution in [3.8, 4) is 16.9 Å². The summed E-state index contributed by atoms with van der Waals surface area (Å²) in [6, 6.07) is 11.4. The highest BCUT2D eigenvalue weighted by Crippen LogP contribution is 2.53. The second-order valence-electron chi connectivity index (χ2n) is 11.8. The molecule has 0 radical (unpaired) electrons. The van der Waals surface area contributed by atoms with E-state index in [4.69, 9.17) is 10.5 Å². The molecule has 10 heteroatoms. The highest BCUT2D eigenvalue weighted by atomic mass is 19.4. The van der Waals surface area contributed by atoms with Crippen LogP contribution in [0.2, 0.25) is 0 Å². The molecule has 41 heavy (non-hydrogen) atoms. The molecule has 2 aromatic carbocycles. The molecule has 2 saturated heterocycles. The Labute approximate surface area is 237 Å². The molecule has 0 spiro atoms. The third-order valence-electron chi connectivity index (χ3n) is 9.13. The van der Waals surface area contributed by atoms with E-state index in [1.54, 1.807) is 41.3 Å². The normalized spacial score (nSPS) is 21.8. The van der Waals surface area contributed by atoms with E-state index in [0.29, 0.717) is 62.4 Å². The number of nitrogens with zero attached hydrogens (tertiary/aromatic N) is 2. The van der Waals surface area contributed by atoms with Crippen molar-refractivity contribution in [1.29, 1.82) is 0 Å². The fourth-order valence-corrected chi connectivity index (χ4v) is 6.36. The van der Waals surface area contributed by atoms with E-state index in [1.807, 2.05) is 4.90 Å². The molecule has 6 nitrogen and oxygen atoms in total. The van der Waals surface area contributed by atoms with Gasteiger partial charge in [0.25, 0.3) is 5.91 Å². The summed E-state index contributed by atoms with van der Waals surface area (Å²) >= 11 is 0. The minimum absolute atomic E-state index is 0.0736. The third-order valence-corrected chi connectivity index (χ3v) is 9.13. The Kier molecular flexibility index (Phi) is 8.59. The molecule has 2 N–H and O–H groups in total. The van der Waals surface area contributed by atoms with Crippen LogP contribution in [-0.4, -0.2) is 67.1 Å². The average Bonchev–Trinajstić information content (AvgIpc) is 2.93. The second kappa shape index (κ2) is 12.0. The maximum Gasteiger partial charge on any atom is 0.395 e. The molecule has 0 bridgehead atoms. The van der Waals surface area contributed by atoms with Crippen LogP contribution in [0.15, 0.2) is 42.5 Å². The van der Waals surface area contributed by atoms with Crippen molar-refractivity contribution in [2.24, 2.45) is 23.0 Å². The molecular formula is C31H37F4N3O3. The number of halogens is 4. The summed E-state index contributed by atoms with van der Waals surface area (Å²) in [6.07, 6.45) is -0.298. The molecule has 1 aliphatic carbocycles. The average molecular weight is 576 g/mol. The fourth-order valence-electron chi connectivity index (χ4n) is 6.36. The molecule has 0 unspecified atom stereocenters. The molecular weight excluding hydrogens is 538 g/mol. The summed E-state index contributed by atoms with van der Waals surface area (Å²) in [5.41, 5.74) is 5.00. The minimum Gasteiger partial charge on any atom is -0.493 e. The highest BCUT2D eigenvalue weighted by Gasteiger charge is 2.58. The molecule has 3 aliphatic rings. The number of piperidine rings is 2. The van der Waals surface area contributed by atoms with Crippen molar-refractivity contribution in [3.05, 3.63) is 53.8 Å². The number of amides is 2. The van der Waals surface area contributed by atoms with Gasteiger partial charge in [0.1, 0.15) is 11.6 Å². The van der Waals surface area contributed by atoms with E-state index in [1.165, 1.54) is 6.07 Å². The molecule has 2 aromatic rings. The molecule has 5 rings (SSSR count). The number of ether oxygens (including phenoxy) is 1. The van der Waals surface area contributed by atoms with Crippen LogP contribution < -0.4 is 10.5 Å². The quantitative estimate of drug-likeness (QED) is 0.413. The van der Waals surface area contributed by atoms with E-state index in [2.05, 4.69) is 0 Å². The zero-order valence-corrected chi connectivity index (χ0v) is 23.1. The van der Waals surface area contributed by atoms with Gasteiger partial charge in [-0.2, -0.15) is 13.2 Å². The second-order valence-corrected chi connectivity index (χ2v) is 11.8. The SMILES string of the molecule is NC(=O)[C@@H]1CCCN(C(=O)c2ccccc2-c2ccc(OCC3CCN(CC4(C(F)(F)F)CCC4)CC3)cc2F)C1. The van der Waals surface area contributed by atoms with Gasteiger partial charge in [-0.15, -0.1) is 0 Å². The van der Waals surface area contributed by atoms with Crippen LogP contribution in [-0.2, 0) is 4.79 Å². The van der Waals surface area contributed by atoms with Crippen LogP contribution in [0.4, 0.5) is 17.6 Å². The van der Waals surface area contributed by atoms with Crippen LogP contribution >= 0.6 is 0 Å². The molecule has 222 valence electrons. The Morgan fingerprint density at radius 1 is 0.976 bits per heavy atom. The van der Waals surface area contributed by atoms with Crippen LogP contribution in [0, 0.1) is 23.1 Å². The lowest BCUT2D eigenvalue weighted by Crippen LogP contribution is -2.53. The first-order valence-electron chi connectivity index (χ1n) is 14.5. The van der Waals surface area contributed by atoms with Crippen molar-refractivity contribution in [2.45, 2.75) is 51.1 Å². The Bertz CT molecular complexity index is 1260. The number of hydrogen-bond donors (Lipinski definition) is 1. The van der Waals surface area contributed by atoms with Gasteiger partial charge in [-0.05, 0) is 81.3 Å². The lowest BCUT2D eigenvalue weighted by atomic mass is 9.67. The van der Waals surface area contributed by atoms with Gasteiger partial charge in [-0.1, -0.05) is 24.6 Å². The number of alkyl halides is 3. The number of nitrogens with two attached hydrogens (primary N) is 1. The van der Waals surface area contributed by atoms with Crippen LogP contribution in [0.25, 0.3) is 11.1 Å². The topological polar surface area (TPSA) is 75.9 Å². The number of likely N-dealkylation sites (tertiary alicyclic amines) is 2. The van der Waals surface area contributed by atoms with Crippen molar-refractivity contribution >= 4 is 11.8 Å². The summed E-state index contributed by atoms with van der Waals surface area (Å²) in [5, 5.41) is 0. The summed E-state index contributed by atoms with van der Waals surface area (Å²) in [6.45, 7) is 2.39. The van der Waals surface area contributed by atoms with Crippen LogP contribution in [0.5, 0.6) is 5.75 Å². The first kappa shape index (κ1) is 29.4. The number of primary amides is 1. The van der Waals surface area contributed by atoms with Gasteiger partial charge in [0.2, 0.25) is 5.91 Å². The van der Waals surface area contributed by atoms with Gasteiger partial charge >= 0.3 is 6.18 Å². The number of rotatable bonds is 8. The van der Waals surface area contributed by atoms with Crippen molar-refractivity contribution in [3.63, 3.8) is 0 Å².